The highest BCUT2D eigenvalue weighted by Gasteiger charge is 2.10. The molecule has 0 fully saturated rings. The summed E-state index contributed by atoms with van der Waals surface area (Å²) in [5.41, 5.74) is 1.39. The Morgan fingerprint density at radius 3 is 2.52 bits per heavy atom. The molecule has 0 radical (unpaired) electrons. The number of carbonyl (C=O) groups is 1. The molecule has 0 saturated heterocycles. The third kappa shape index (κ3) is 4.03. The minimum Gasteiger partial charge on any atom is -0.457 e. The molecular weight excluding hydrogens is 268 g/mol. The van der Waals surface area contributed by atoms with E-state index in [1.165, 1.54) is 4.90 Å². The van der Waals surface area contributed by atoms with Crippen molar-refractivity contribution in [1.82, 2.24) is 9.88 Å². The molecule has 0 unspecified atom stereocenters. The quantitative estimate of drug-likeness (QED) is 0.914. The van der Waals surface area contributed by atoms with Crippen molar-refractivity contribution in [2.24, 2.45) is 0 Å². The van der Waals surface area contributed by atoms with Crippen LogP contribution in [0.3, 0.4) is 0 Å². The van der Waals surface area contributed by atoms with Crippen molar-refractivity contribution in [3.63, 3.8) is 0 Å². The van der Waals surface area contributed by atoms with Gasteiger partial charge >= 0.3 is 0 Å². The molecule has 0 bridgehead atoms. The number of ether oxygens (including phenoxy) is 1. The number of amides is 1. The minimum atomic E-state index is -0.168. The Morgan fingerprint density at radius 1 is 1.19 bits per heavy atom. The molecule has 2 rings (SSSR count). The second-order valence-corrected chi connectivity index (χ2v) is 4.80. The summed E-state index contributed by atoms with van der Waals surface area (Å²) >= 11 is 0. The number of aliphatic hydroxyl groups is 1. The van der Waals surface area contributed by atoms with Gasteiger partial charge in [-0.3, -0.25) is 9.78 Å². The first-order valence-corrected chi connectivity index (χ1v) is 6.65. The van der Waals surface area contributed by atoms with Gasteiger partial charge in [-0.25, -0.2) is 0 Å². The molecule has 21 heavy (non-hydrogen) atoms. The van der Waals surface area contributed by atoms with E-state index in [9.17, 15) is 4.79 Å². The van der Waals surface area contributed by atoms with Gasteiger partial charge in [0.05, 0.1) is 0 Å². The molecule has 1 amide bonds. The highest BCUT2D eigenvalue weighted by atomic mass is 16.5. The molecule has 110 valence electrons. The average molecular weight is 286 g/mol. The van der Waals surface area contributed by atoms with Crippen molar-refractivity contribution in [3.05, 3.63) is 53.9 Å². The second kappa shape index (κ2) is 6.85. The maximum Gasteiger partial charge on any atom is 0.272 e. The summed E-state index contributed by atoms with van der Waals surface area (Å²) in [4.78, 5) is 17.4. The molecule has 0 aliphatic heterocycles. The number of nitrogens with zero attached hydrogens (tertiary/aromatic N) is 2. The average Bonchev–Trinajstić information content (AvgIpc) is 2.49. The Bertz CT molecular complexity index is 609. The number of benzene rings is 1. The zero-order chi connectivity index (χ0) is 15.2. The summed E-state index contributed by atoms with van der Waals surface area (Å²) in [7, 11) is 3.36. The summed E-state index contributed by atoms with van der Waals surface area (Å²) in [6.45, 7) is 0.126. The maximum atomic E-state index is 11.8. The summed E-state index contributed by atoms with van der Waals surface area (Å²) in [5, 5.41) is 8.88. The number of rotatable bonds is 5. The van der Waals surface area contributed by atoms with E-state index in [1.807, 2.05) is 24.3 Å². The minimum absolute atomic E-state index is 0.126. The number of aliphatic hydroxyl groups excluding tert-OH is 1. The number of pyridine rings is 1. The van der Waals surface area contributed by atoms with E-state index in [-0.39, 0.29) is 12.5 Å². The monoisotopic (exact) mass is 286 g/mol. The SMILES string of the molecule is CN(C)C(=O)c1cc(Oc2ccc(CCO)cc2)ccn1. The fourth-order valence-electron chi connectivity index (χ4n) is 1.81. The molecule has 0 aliphatic rings. The Kier molecular flexibility index (Phi) is 4.90. The van der Waals surface area contributed by atoms with Crippen LogP contribution in [-0.4, -0.2) is 41.6 Å². The zero-order valence-corrected chi connectivity index (χ0v) is 12.1. The van der Waals surface area contributed by atoms with Crippen LogP contribution in [0.2, 0.25) is 0 Å². The van der Waals surface area contributed by atoms with Gasteiger partial charge < -0.3 is 14.7 Å². The van der Waals surface area contributed by atoms with Crippen LogP contribution in [0.1, 0.15) is 16.1 Å². The van der Waals surface area contributed by atoms with E-state index in [1.54, 1.807) is 32.4 Å². The Balaban J connectivity index is 2.12. The first kappa shape index (κ1) is 15.0. The highest BCUT2D eigenvalue weighted by molar-refractivity contribution is 5.92. The number of hydrogen-bond donors (Lipinski definition) is 1. The molecule has 0 spiro atoms. The van der Waals surface area contributed by atoms with Crippen molar-refractivity contribution in [1.29, 1.82) is 0 Å². The predicted molar refractivity (Wildman–Crippen MR) is 79.6 cm³/mol. The fraction of sp³-hybridized carbons (Fsp3) is 0.250. The normalized spacial score (nSPS) is 10.2. The van der Waals surface area contributed by atoms with Crippen molar-refractivity contribution in [2.75, 3.05) is 20.7 Å². The van der Waals surface area contributed by atoms with E-state index in [2.05, 4.69) is 4.98 Å². The summed E-state index contributed by atoms with van der Waals surface area (Å²) in [6, 6.07) is 10.8. The first-order valence-electron chi connectivity index (χ1n) is 6.65. The van der Waals surface area contributed by atoms with Gasteiger partial charge in [0.1, 0.15) is 17.2 Å². The molecule has 0 atom stereocenters. The standard InChI is InChI=1S/C16H18N2O3/c1-18(2)16(20)15-11-14(7-9-17-15)21-13-5-3-12(4-6-13)8-10-19/h3-7,9,11,19H,8,10H2,1-2H3. The molecule has 5 heteroatoms. The lowest BCUT2D eigenvalue weighted by atomic mass is 10.1. The Labute approximate surface area is 123 Å². The van der Waals surface area contributed by atoms with E-state index in [4.69, 9.17) is 9.84 Å². The molecule has 5 nitrogen and oxygen atoms in total. The largest absolute Gasteiger partial charge is 0.457 e. The summed E-state index contributed by atoms with van der Waals surface area (Å²) in [5.74, 6) is 1.06. The fourth-order valence-corrected chi connectivity index (χ4v) is 1.81. The van der Waals surface area contributed by atoms with Crippen molar-refractivity contribution < 1.29 is 14.6 Å². The molecule has 1 N–H and O–H groups in total. The number of carbonyl (C=O) groups excluding carboxylic acids is 1. The lowest BCUT2D eigenvalue weighted by Crippen LogP contribution is -2.22. The van der Waals surface area contributed by atoms with Gasteiger partial charge in [-0.1, -0.05) is 12.1 Å². The van der Waals surface area contributed by atoms with Crippen LogP contribution in [0.25, 0.3) is 0 Å². The van der Waals surface area contributed by atoms with Crippen molar-refractivity contribution in [2.45, 2.75) is 6.42 Å². The van der Waals surface area contributed by atoms with Gasteiger partial charge in [0.15, 0.2) is 0 Å². The Morgan fingerprint density at radius 2 is 1.90 bits per heavy atom. The van der Waals surface area contributed by atoms with E-state index >= 15 is 0 Å². The van der Waals surface area contributed by atoms with Crippen LogP contribution in [0, 0.1) is 0 Å². The van der Waals surface area contributed by atoms with Gasteiger partial charge in [-0.05, 0) is 30.2 Å². The molecule has 0 saturated carbocycles. The third-order valence-electron chi connectivity index (χ3n) is 2.92. The molecule has 2 aromatic rings. The van der Waals surface area contributed by atoms with Crippen LogP contribution in [-0.2, 0) is 6.42 Å². The second-order valence-electron chi connectivity index (χ2n) is 4.80. The van der Waals surface area contributed by atoms with Crippen LogP contribution in [0.15, 0.2) is 42.6 Å². The number of hydrogen-bond acceptors (Lipinski definition) is 4. The van der Waals surface area contributed by atoms with Gasteiger partial charge in [-0.15, -0.1) is 0 Å². The smallest absolute Gasteiger partial charge is 0.272 e. The van der Waals surface area contributed by atoms with E-state index in [0.29, 0.717) is 23.6 Å². The van der Waals surface area contributed by atoms with Gasteiger partial charge in [0.2, 0.25) is 0 Å². The van der Waals surface area contributed by atoms with Gasteiger partial charge in [0.25, 0.3) is 5.91 Å². The third-order valence-corrected chi connectivity index (χ3v) is 2.92. The van der Waals surface area contributed by atoms with Crippen LogP contribution in [0.5, 0.6) is 11.5 Å². The predicted octanol–water partition coefficient (Wildman–Crippen LogP) is 2.11. The molecule has 0 aliphatic carbocycles. The van der Waals surface area contributed by atoms with Crippen LogP contribution >= 0.6 is 0 Å². The molecule has 1 aromatic carbocycles. The van der Waals surface area contributed by atoms with Gasteiger partial charge in [0, 0.05) is 33.0 Å². The topological polar surface area (TPSA) is 62.7 Å². The van der Waals surface area contributed by atoms with Crippen LogP contribution in [0.4, 0.5) is 0 Å². The highest BCUT2D eigenvalue weighted by Crippen LogP contribution is 2.22. The van der Waals surface area contributed by atoms with E-state index < -0.39 is 0 Å². The van der Waals surface area contributed by atoms with Crippen LogP contribution < -0.4 is 4.74 Å². The maximum absolute atomic E-state index is 11.8. The lowest BCUT2D eigenvalue weighted by molar-refractivity contribution is 0.0821. The first-order chi connectivity index (χ1) is 10.1. The Hall–Kier alpha value is -2.40. The lowest BCUT2D eigenvalue weighted by Gasteiger charge is -2.11. The summed E-state index contributed by atoms with van der Waals surface area (Å²) in [6.07, 6.45) is 2.17. The summed E-state index contributed by atoms with van der Waals surface area (Å²) < 4.78 is 5.71. The molecule has 1 aromatic heterocycles. The number of aromatic nitrogens is 1. The van der Waals surface area contributed by atoms with Crippen molar-refractivity contribution >= 4 is 5.91 Å². The van der Waals surface area contributed by atoms with Crippen molar-refractivity contribution in [3.8, 4) is 11.5 Å². The zero-order valence-electron chi connectivity index (χ0n) is 12.1. The van der Waals surface area contributed by atoms with Gasteiger partial charge in [-0.2, -0.15) is 0 Å². The molecule has 1 heterocycles. The molecular formula is C16H18N2O3. The van der Waals surface area contributed by atoms with E-state index in [0.717, 1.165) is 5.56 Å².